The Labute approximate surface area is 88.8 Å². The zero-order valence-electron chi connectivity index (χ0n) is 7.60. The van der Waals surface area contributed by atoms with Crippen LogP contribution in [0.3, 0.4) is 0 Å². The molecule has 7 nitrogen and oxygen atoms in total. The van der Waals surface area contributed by atoms with Crippen molar-refractivity contribution in [2.75, 3.05) is 6.26 Å². The Bertz CT molecular complexity index is 422. The standard InChI is InChI=1S/C7H6N4O3S/c1-15-7-4(2-8)10-6(14-7)5(13)11-9-3-12/h3H,1H3,(H,9,12)(H,11,13). The molecule has 2 N–H and O–H groups in total. The largest absolute Gasteiger partial charge is 0.424 e. The van der Waals surface area contributed by atoms with Gasteiger partial charge in [0.1, 0.15) is 6.07 Å². The van der Waals surface area contributed by atoms with Gasteiger partial charge in [-0.1, -0.05) is 11.8 Å². The number of carbonyl (C=O) groups excluding carboxylic acids is 2. The highest BCUT2D eigenvalue weighted by Crippen LogP contribution is 2.20. The number of hydrogen-bond donors (Lipinski definition) is 2. The molecule has 0 atom stereocenters. The van der Waals surface area contributed by atoms with Crippen molar-refractivity contribution < 1.29 is 14.0 Å². The van der Waals surface area contributed by atoms with Gasteiger partial charge >= 0.3 is 5.91 Å². The van der Waals surface area contributed by atoms with Gasteiger partial charge in [-0.05, 0) is 6.26 Å². The van der Waals surface area contributed by atoms with Crippen LogP contribution in [0.15, 0.2) is 9.51 Å². The monoisotopic (exact) mass is 226 g/mol. The van der Waals surface area contributed by atoms with Gasteiger partial charge in [0, 0.05) is 0 Å². The summed E-state index contributed by atoms with van der Waals surface area (Å²) in [6, 6.07) is 1.78. The Hall–Kier alpha value is -2.01. The van der Waals surface area contributed by atoms with Gasteiger partial charge in [0.05, 0.1) is 0 Å². The van der Waals surface area contributed by atoms with Crippen LogP contribution < -0.4 is 10.9 Å². The van der Waals surface area contributed by atoms with Crippen LogP contribution in [0.1, 0.15) is 16.4 Å². The number of thioether (sulfide) groups is 1. The summed E-state index contributed by atoms with van der Waals surface area (Å²) in [6.45, 7) is 0. The van der Waals surface area contributed by atoms with Crippen molar-refractivity contribution in [3.05, 3.63) is 11.6 Å². The molecule has 0 saturated carbocycles. The lowest BCUT2D eigenvalue weighted by molar-refractivity contribution is -0.110. The third-order valence-corrected chi connectivity index (χ3v) is 1.97. The van der Waals surface area contributed by atoms with E-state index < -0.39 is 5.91 Å². The first kappa shape index (κ1) is 11.1. The van der Waals surface area contributed by atoms with Crippen molar-refractivity contribution in [3.8, 4) is 6.07 Å². The van der Waals surface area contributed by atoms with Gasteiger partial charge < -0.3 is 4.42 Å². The van der Waals surface area contributed by atoms with E-state index in [1.807, 2.05) is 10.9 Å². The zero-order valence-corrected chi connectivity index (χ0v) is 8.42. The van der Waals surface area contributed by atoms with Gasteiger partial charge in [-0.15, -0.1) is 0 Å². The van der Waals surface area contributed by atoms with E-state index in [9.17, 15) is 9.59 Å². The molecule has 78 valence electrons. The molecule has 0 aliphatic rings. The third-order valence-electron chi connectivity index (χ3n) is 1.33. The topological polar surface area (TPSA) is 108 Å². The minimum Gasteiger partial charge on any atom is -0.424 e. The number of aromatic nitrogens is 1. The molecular weight excluding hydrogens is 220 g/mol. The van der Waals surface area contributed by atoms with Crippen molar-refractivity contribution in [1.29, 1.82) is 5.26 Å². The SMILES string of the molecule is CSc1oc(C(=O)NNC=O)nc1C#N. The average Bonchev–Trinajstić information content (AvgIpc) is 2.68. The molecule has 0 radical (unpaired) electrons. The first-order valence-electron chi connectivity index (χ1n) is 3.67. The summed E-state index contributed by atoms with van der Waals surface area (Å²) in [5.74, 6) is -0.996. The highest BCUT2D eigenvalue weighted by Gasteiger charge is 2.17. The molecule has 0 fully saturated rings. The number of oxazole rings is 1. The van der Waals surface area contributed by atoms with Gasteiger partial charge in [0.15, 0.2) is 10.8 Å². The molecule has 1 rings (SSSR count). The molecule has 0 bridgehead atoms. The molecule has 0 aromatic carbocycles. The lowest BCUT2D eigenvalue weighted by Crippen LogP contribution is -2.36. The van der Waals surface area contributed by atoms with Crippen LogP contribution in [0.5, 0.6) is 0 Å². The molecule has 0 spiro atoms. The summed E-state index contributed by atoms with van der Waals surface area (Å²) in [4.78, 5) is 24.7. The van der Waals surface area contributed by atoms with E-state index in [1.165, 1.54) is 0 Å². The summed E-state index contributed by atoms with van der Waals surface area (Å²) in [5.41, 5.74) is 3.99. The van der Waals surface area contributed by atoms with Crippen molar-refractivity contribution >= 4 is 24.1 Å². The van der Waals surface area contributed by atoms with Crippen LogP contribution in [-0.2, 0) is 4.79 Å². The van der Waals surface area contributed by atoms with Crippen LogP contribution >= 0.6 is 11.8 Å². The van der Waals surface area contributed by atoms with E-state index >= 15 is 0 Å². The molecule has 8 heteroatoms. The number of carbonyl (C=O) groups is 2. The second-order valence-corrected chi connectivity index (χ2v) is 2.97. The van der Waals surface area contributed by atoms with Gasteiger partial charge in [-0.2, -0.15) is 10.2 Å². The maximum atomic E-state index is 11.2. The molecule has 0 saturated heterocycles. The fraction of sp³-hybridized carbons (Fsp3) is 0.143. The molecule has 2 amide bonds. The third kappa shape index (κ3) is 2.47. The molecule has 15 heavy (non-hydrogen) atoms. The fourth-order valence-electron chi connectivity index (χ4n) is 0.761. The lowest BCUT2D eigenvalue weighted by Gasteiger charge is -1.96. The van der Waals surface area contributed by atoms with Crippen molar-refractivity contribution in [3.63, 3.8) is 0 Å². The second-order valence-electron chi connectivity index (χ2n) is 2.19. The summed E-state index contributed by atoms with van der Waals surface area (Å²) < 4.78 is 4.98. The number of nitrogens with one attached hydrogen (secondary N) is 2. The second kappa shape index (κ2) is 5.02. The highest BCUT2D eigenvalue weighted by atomic mass is 32.2. The highest BCUT2D eigenvalue weighted by molar-refractivity contribution is 7.98. The van der Waals surface area contributed by atoms with Gasteiger partial charge in [0.25, 0.3) is 5.89 Å². The predicted octanol–water partition coefficient (Wildman–Crippen LogP) is -0.341. The average molecular weight is 226 g/mol. The van der Waals surface area contributed by atoms with Crippen molar-refractivity contribution in [1.82, 2.24) is 15.8 Å². The number of amides is 2. The molecule has 0 aliphatic carbocycles. The predicted molar refractivity (Wildman–Crippen MR) is 49.7 cm³/mol. The molecule has 1 aromatic heterocycles. The number of hydrogen-bond acceptors (Lipinski definition) is 6. The quantitative estimate of drug-likeness (QED) is 0.413. The zero-order chi connectivity index (χ0) is 11.3. The van der Waals surface area contributed by atoms with E-state index in [0.717, 1.165) is 11.8 Å². The lowest BCUT2D eigenvalue weighted by atomic mass is 10.5. The first-order chi connectivity index (χ1) is 7.22. The summed E-state index contributed by atoms with van der Waals surface area (Å²) >= 11 is 1.16. The van der Waals surface area contributed by atoms with Crippen molar-refractivity contribution in [2.45, 2.75) is 5.09 Å². The van der Waals surface area contributed by atoms with Gasteiger partial charge in [-0.3, -0.25) is 20.4 Å². The molecule has 1 aromatic rings. The summed E-state index contributed by atoms with van der Waals surface area (Å²) in [7, 11) is 0. The summed E-state index contributed by atoms with van der Waals surface area (Å²) in [5, 5.41) is 8.89. The number of rotatable bonds is 4. The van der Waals surface area contributed by atoms with Gasteiger partial charge in [-0.25, -0.2) is 0 Å². The molecule has 0 aliphatic heterocycles. The van der Waals surface area contributed by atoms with Crippen LogP contribution in [-0.4, -0.2) is 23.6 Å². The van der Waals surface area contributed by atoms with E-state index in [-0.39, 0.29) is 16.7 Å². The number of hydrazine groups is 1. The number of nitrogens with zero attached hydrogens (tertiary/aromatic N) is 2. The Kier molecular flexibility index (Phi) is 3.70. The van der Waals surface area contributed by atoms with E-state index in [2.05, 4.69) is 4.98 Å². The van der Waals surface area contributed by atoms with E-state index in [0.29, 0.717) is 6.41 Å². The van der Waals surface area contributed by atoms with E-state index in [4.69, 9.17) is 9.68 Å². The van der Waals surface area contributed by atoms with Crippen LogP contribution in [0.25, 0.3) is 0 Å². The first-order valence-corrected chi connectivity index (χ1v) is 4.89. The van der Waals surface area contributed by atoms with Crippen LogP contribution in [0, 0.1) is 11.3 Å². The molecule has 0 unspecified atom stereocenters. The molecule has 1 heterocycles. The van der Waals surface area contributed by atoms with Crippen LogP contribution in [0.2, 0.25) is 0 Å². The van der Waals surface area contributed by atoms with Gasteiger partial charge in [0.2, 0.25) is 6.41 Å². The minimum atomic E-state index is -0.723. The maximum absolute atomic E-state index is 11.2. The Morgan fingerprint density at radius 3 is 2.93 bits per heavy atom. The van der Waals surface area contributed by atoms with Crippen molar-refractivity contribution in [2.24, 2.45) is 0 Å². The Morgan fingerprint density at radius 2 is 2.47 bits per heavy atom. The van der Waals surface area contributed by atoms with E-state index in [1.54, 1.807) is 12.3 Å². The fourth-order valence-corrected chi connectivity index (χ4v) is 1.21. The normalized spacial score (nSPS) is 9.07. The Morgan fingerprint density at radius 1 is 1.73 bits per heavy atom. The number of nitriles is 1. The maximum Gasteiger partial charge on any atom is 0.325 e. The molecular formula is C7H6N4O3S. The Balaban J connectivity index is 2.87. The smallest absolute Gasteiger partial charge is 0.325 e. The van der Waals surface area contributed by atoms with Crippen LogP contribution in [0.4, 0.5) is 0 Å². The summed E-state index contributed by atoms with van der Waals surface area (Å²) in [6.07, 6.45) is 1.98. The minimum absolute atomic E-state index is 0.0405.